The van der Waals surface area contributed by atoms with E-state index in [0.717, 1.165) is 6.07 Å². The van der Waals surface area contributed by atoms with Gasteiger partial charge in [-0.25, -0.2) is 23.7 Å². The molecule has 3 aromatic heterocycles. The van der Waals surface area contributed by atoms with Crippen molar-refractivity contribution in [3.8, 4) is 11.6 Å². The third-order valence-corrected chi connectivity index (χ3v) is 4.57. The van der Waals surface area contributed by atoms with Gasteiger partial charge in [-0.1, -0.05) is 0 Å². The van der Waals surface area contributed by atoms with Gasteiger partial charge in [-0.05, 0) is 42.3 Å². The highest BCUT2D eigenvalue weighted by molar-refractivity contribution is 5.73. The minimum absolute atomic E-state index is 0.0586. The van der Waals surface area contributed by atoms with Crippen LogP contribution in [0.25, 0.3) is 16.7 Å². The highest BCUT2D eigenvalue weighted by Crippen LogP contribution is 2.21. The van der Waals surface area contributed by atoms with Crippen molar-refractivity contribution in [2.45, 2.75) is 12.5 Å². The van der Waals surface area contributed by atoms with E-state index in [9.17, 15) is 13.6 Å². The molecule has 3 heterocycles. The van der Waals surface area contributed by atoms with Crippen LogP contribution in [0.4, 0.5) is 8.78 Å². The molecule has 1 atom stereocenters. The normalized spacial score (nSPS) is 12.1. The average molecular weight is 409 g/mol. The molecule has 30 heavy (non-hydrogen) atoms. The molecule has 0 radical (unpaired) electrons. The van der Waals surface area contributed by atoms with Gasteiger partial charge < -0.3 is 10.5 Å². The second-order valence-corrected chi connectivity index (χ2v) is 6.63. The number of nitrogens with zero attached hydrogens (tertiary/aromatic N) is 4. The van der Waals surface area contributed by atoms with Crippen molar-refractivity contribution in [1.82, 2.24) is 19.5 Å². The summed E-state index contributed by atoms with van der Waals surface area (Å²) >= 11 is 0. The van der Waals surface area contributed by atoms with Crippen LogP contribution in [0.5, 0.6) is 5.88 Å². The van der Waals surface area contributed by atoms with E-state index in [1.807, 2.05) is 0 Å². The van der Waals surface area contributed by atoms with Crippen molar-refractivity contribution in [1.29, 1.82) is 0 Å². The van der Waals surface area contributed by atoms with E-state index >= 15 is 0 Å². The van der Waals surface area contributed by atoms with E-state index in [0.29, 0.717) is 22.5 Å². The summed E-state index contributed by atoms with van der Waals surface area (Å²) in [5.74, 6) is -0.838. The second kappa shape index (κ2) is 7.96. The van der Waals surface area contributed by atoms with Gasteiger partial charge in [-0.2, -0.15) is 0 Å². The van der Waals surface area contributed by atoms with Crippen molar-refractivity contribution in [2.24, 2.45) is 5.73 Å². The van der Waals surface area contributed by atoms with Crippen LogP contribution in [0.3, 0.4) is 0 Å². The molecule has 0 aliphatic carbocycles. The number of fused-ring (bicyclic) bond motifs is 1. The molecule has 152 valence electrons. The molecule has 0 aliphatic rings. The molecule has 0 saturated heterocycles. The van der Waals surface area contributed by atoms with Crippen LogP contribution in [-0.4, -0.2) is 26.6 Å². The first-order valence-electron chi connectivity index (χ1n) is 9.05. The Bertz CT molecular complexity index is 1250. The van der Waals surface area contributed by atoms with Gasteiger partial charge in [-0.15, -0.1) is 0 Å². The topological polar surface area (TPSA) is 95.9 Å². The Morgan fingerprint density at radius 2 is 1.90 bits per heavy atom. The largest absolute Gasteiger partial charge is 0.481 e. The van der Waals surface area contributed by atoms with Crippen molar-refractivity contribution in [2.75, 3.05) is 7.11 Å². The summed E-state index contributed by atoms with van der Waals surface area (Å²) < 4.78 is 33.6. The number of ether oxygens (including phenoxy) is 1. The number of rotatable bonds is 5. The van der Waals surface area contributed by atoms with Gasteiger partial charge in [0.2, 0.25) is 5.88 Å². The summed E-state index contributed by atoms with van der Waals surface area (Å²) in [6.07, 6.45) is 3.04. The molecule has 1 aromatic carbocycles. The molecule has 0 spiro atoms. The van der Waals surface area contributed by atoms with Crippen LogP contribution >= 0.6 is 0 Å². The standard InChI is InChI=1S/C21H17F2N5O2/c1-30-18-5-4-15(11-26-18)28-20(27-19-16(21(28)29)3-2-6-25-19)17(24)9-12-7-13(22)10-14(23)8-12/h2-8,10-11,17H,9,24H2,1H3. The first-order chi connectivity index (χ1) is 14.5. The molecule has 0 saturated carbocycles. The predicted molar refractivity (Wildman–Crippen MR) is 106 cm³/mol. The van der Waals surface area contributed by atoms with Gasteiger partial charge in [-0.3, -0.25) is 9.36 Å². The van der Waals surface area contributed by atoms with Crippen molar-refractivity contribution in [3.63, 3.8) is 0 Å². The fourth-order valence-electron chi connectivity index (χ4n) is 3.23. The van der Waals surface area contributed by atoms with E-state index in [1.54, 1.807) is 24.3 Å². The van der Waals surface area contributed by atoms with Crippen LogP contribution < -0.4 is 16.0 Å². The van der Waals surface area contributed by atoms with Gasteiger partial charge in [0.25, 0.3) is 5.56 Å². The van der Waals surface area contributed by atoms with Crippen LogP contribution in [0.15, 0.2) is 59.7 Å². The summed E-state index contributed by atoms with van der Waals surface area (Å²) in [5.41, 5.74) is 6.96. The average Bonchev–Trinajstić information content (AvgIpc) is 2.73. The predicted octanol–water partition coefficient (Wildman–Crippen LogP) is 2.71. The Morgan fingerprint density at radius 1 is 1.13 bits per heavy atom. The lowest BCUT2D eigenvalue weighted by Crippen LogP contribution is -2.29. The van der Waals surface area contributed by atoms with Crippen LogP contribution in [0.1, 0.15) is 17.4 Å². The maximum absolute atomic E-state index is 13.6. The van der Waals surface area contributed by atoms with Gasteiger partial charge >= 0.3 is 0 Å². The fraction of sp³-hybridized carbons (Fsp3) is 0.143. The molecule has 0 aliphatic heterocycles. The molecular weight excluding hydrogens is 392 g/mol. The molecule has 9 heteroatoms. The van der Waals surface area contributed by atoms with E-state index in [-0.39, 0.29) is 23.5 Å². The lowest BCUT2D eigenvalue weighted by Gasteiger charge is -2.18. The third-order valence-electron chi connectivity index (χ3n) is 4.57. The Kier molecular flexibility index (Phi) is 5.20. The maximum Gasteiger partial charge on any atom is 0.267 e. The molecular formula is C21H17F2N5O2. The van der Waals surface area contributed by atoms with Crippen molar-refractivity contribution < 1.29 is 13.5 Å². The van der Waals surface area contributed by atoms with Gasteiger partial charge in [0.1, 0.15) is 17.5 Å². The van der Waals surface area contributed by atoms with Gasteiger partial charge in [0.15, 0.2) is 5.65 Å². The molecule has 7 nitrogen and oxygen atoms in total. The fourth-order valence-corrected chi connectivity index (χ4v) is 3.23. The summed E-state index contributed by atoms with van der Waals surface area (Å²) in [4.78, 5) is 26.0. The molecule has 0 fully saturated rings. The number of nitrogens with two attached hydrogens (primary N) is 1. The zero-order valence-electron chi connectivity index (χ0n) is 15.9. The summed E-state index contributed by atoms with van der Waals surface area (Å²) in [6, 6.07) is 8.83. The molecule has 4 rings (SSSR count). The number of hydrogen-bond donors (Lipinski definition) is 1. The quantitative estimate of drug-likeness (QED) is 0.545. The van der Waals surface area contributed by atoms with Crippen LogP contribution in [0.2, 0.25) is 0 Å². The maximum atomic E-state index is 13.6. The molecule has 1 unspecified atom stereocenters. The zero-order chi connectivity index (χ0) is 21.3. The highest BCUT2D eigenvalue weighted by Gasteiger charge is 2.20. The lowest BCUT2D eigenvalue weighted by atomic mass is 10.0. The minimum atomic E-state index is -0.840. The zero-order valence-corrected chi connectivity index (χ0v) is 15.9. The number of hydrogen-bond acceptors (Lipinski definition) is 6. The molecule has 0 bridgehead atoms. The van der Waals surface area contributed by atoms with Crippen LogP contribution in [0, 0.1) is 11.6 Å². The second-order valence-electron chi connectivity index (χ2n) is 6.63. The lowest BCUT2D eigenvalue weighted by molar-refractivity contribution is 0.397. The number of halogens is 2. The summed E-state index contributed by atoms with van der Waals surface area (Å²) in [5, 5.41) is 0.307. The van der Waals surface area contributed by atoms with Gasteiger partial charge in [0.05, 0.1) is 30.4 Å². The minimum Gasteiger partial charge on any atom is -0.481 e. The Hall–Kier alpha value is -3.72. The van der Waals surface area contributed by atoms with E-state index in [2.05, 4.69) is 15.0 Å². The molecule has 0 amide bonds. The first kappa shape index (κ1) is 19.6. The summed E-state index contributed by atoms with van der Waals surface area (Å²) in [6.45, 7) is 0. The van der Waals surface area contributed by atoms with Crippen molar-refractivity contribution in [3.05, 3.63) is 88.2 Å². The number of benzene rings is 1. The van der Waals surface area contributed by atoms with E-state index in [4.69, 9.17) is 10.5 Å². The Balaban J connectivity index is 1.87. The highest BCUT2D eigenvalue weighted by atomic mass is 19.1. The monoisotopic (exact) mass is 409 g/mol. The Labute approximate surface area is 169 Å². The molecule has 2 N–H and O–H groups in total. The number of aromatic nitrogens is 4. The first-order valence-corrected chi connectivity index (χ1v) is 9.05. The van der Waals surface area contributed by atoms with Crippen molar-refractivity contribution >= 4 is 11.0 Å². The van der Waals surface area contributed by atoms with E-state index in [1.165, 1.54) is 36.2 Å². The number of methoxy groups -OCH3 is 1. The smallest absolute Gasteiger partial charge is 0.267 e. The van der Waals surface area contributed by atoms with Gasteiger partial charge in [0, 0.05) is 18.3 Å². The number of pyridine rings is 2. The SMILES string of the molecule is COc1ccc(-n2c(C(N)Cc3cc(F)cc(F)c3)nc3ncccc3c2=O)cn1. The Morgan fingerprint density at radius 3 is 2.57 bits per heavy atom. The summed E-state index contributed by atoms with van der Waals surface area (Å²) in [7, 11) is 1.48. The van der Waals surface area contributed by atoms with E-state index < -0.39 is 17.7 Å². The molecule has 4 aromatic rings. The third kappa shape index (κ3) is 3.74. The van der Waals surface area contributed by atoms with Crippen LogP contribution in [-0.2, 0) is 6.42 Å².